The average Bonchev–Trinajstić information content (AvgIpc) is 3.50. The topological polar surface area (TPSA) is 79.5 Å². The lowest BCUT2D eigenvalue weighted by Gasteiger charge is -2.17. The van der Waals surface area contributed by atoms with Crippen LogP contribution >= 0.6 is 0 Å². The monoisotopic (exact) mass is 406 g/mol. The molecule has 2 N–H and O–H groups in total. The van der Waals surface area contributed by atoms with Gasteiger partial charge in [0.25, 0.3) is 5.91 Å². The van der Waals surface area contributed by atoms with Crippen molar-refractivity contribution in [3.63, 3.8) is 0 Å². The van der Waals surface area contributed by atoms with Crippen molar-refractivity contribution in [1.29, 1.82) is 0 Å². The van der Waals surface area contributed by atoms with Crippen molar-refractivity contribution < 1.29 is 14.3 Å². The zero-order chi connectivity index (χ0) is 20.9. The van der Waals surface area contributed by atoms with Gasteiger partial charge in [0.1, 0.15) is 17.2 Å². The van der Waals surface area contributed by atoms with E-state index in [1.54, 1.807) is 26.4 Å². The Bertz CT molecular complexity index is 1010. The lowest BCUT2D eigenvalue weighted by molar-refractivity contribution is 0.0946. The van der Waals surface area contributed by atoms with Crippen molar-refractivity contribution in [3.05, 3.63) is 59.8 Å². The highest BCUT2D eigenvalue weighted by atomic mass is 16.5. The van der Waals surface area contributed by atoms with Crippen LogP contribution in [0, 0.1) is 0 Å². The van der Waals surface area contributed by atoms with Gasteiger partial charge >= 0.3 is 0 Å². The van der Waals surface area contributed by atoms with E-state index in [0.717, 1.165) is 24.2 Å². The summed E-state index contributed by atoms with van der Waals surface area (Å²) < 4.78 is 10.7. The predicted octanol–water partition coefficient (Wildman–Crippen LogP) is 3.62. The molecule has 2 aromatic carbocycles. The summed E-state index contributed by atoms with van der Waals surface area (Å²) in [6.07, 6.45) is 2.51. The first-order chi connectivity index (χ1) is 14.7. The van der Waals surface area contributed by atoms with Crippen molar-refractivity contribution in [3.8, 4) is 22.8 Å². The zero-order valence-corrected chi connectivity index (χ0v) is 17.3. The van der Waals surface area contributed by atoms with E-state index in [2.05, 4.69) is 44.7 Å². The fourth-order valence-corrected chi connectivity index (χ4v) is 3.66. The number of nitrogens with one attached hydrogen (secondary N) is 2. The van der Waals surface area contributed by atoms with Gasteiger partial charge in [-0.15, -0.1) is 0 Å². The van der Waals surface area contributed by atoms with Crippen LogP contribution in [-0.2, 0) is 6.54 Å². The number of H-pyrrole nitrogens is 1. The van der Waals surface area contributed by atoms with Gasteiger partial charge in [-0.1, -0.05) is 12.1 Å². The molecule has 0 aliphatic carbocycles. The molecule has 0 unspecified atom stereocenters. The summed E-state index contributed by atoms with van der Waals surface area (Å²) in [4.78, 5) is 14.9. The summed E-state index contributed by atoms with van der Waals surface area (Å²) in [7, 11) is 3.19. The number of hydrogen-bond donors (Lipinski definition) is 2. The Morgan fingerprint density at radius 1 is 1.07 bits per heavy atom. The van der Waals surface area contributed by atoms with E-state index in [9.17, 15) is 4.79 Å². The Kier molecular flexibility index (Phi) is 5.88. The number of hydrogen-bond acceptors (Lipinski definition) is 5. The van der Waals surface area contributed by atoms with Gasteiger partial charge in [-0.3, -0.25) is 9.89 Å². The molecule has 0 bridgehead atoms. The van der Waals surface area contributed by atoms with Gasteiger partial charge in [0.2, 0.25) is 0 Å². The van der Waals surface area contributed by atoms with E-state index >= 15 is 0 Å². The van der Waals surface area contributed by atoms with E-state index in [1.807, 2.05) is 12.1 Å². The second kappa shape index (κ2) is 8.90. The molecule has 30 heavy (non-hydrogen) atoms. The summed E-state index contributed by atoms with van der Waals surface area (Å²) in [5.74, 6) is 1.12. The summed E-state index contributed by atoms with van der Waals surface area (Å²) in [5.41, 5.74) is 4.12. The molecule has 1 saturated heterocycles. The molecular weight excluding hydrogens is 380 g/mol. The summed E-state index contributed by atoms with van der Waals surface area (Å²) in [5, 5.41) is 10.0. The van der Waals surface area contributed by atoms with Crippen molar-refractivity contribution in [2.75, 3.05) is 32.2 Å². The number of nitrogens with zero attached hydrogens (tertiary/aromatic N) is 2. The van der Waals surface area contributed by atoms with Crippen LogP contribution in [0.2, 0.25) is 0 Å². The molecule has 1 fully saturated rings. The highest BCUT2D eigenvalue weighted by molar-refractivity contribution is 5.93. The van der Waals surface area contributed by atoms with Crippen LogP contribution in [0.1, 0.15) is 28.9 Å². The highest BCUT2D eigenvalue weighted by Crippen LogP contribution is 2.32. The molecule has 156 valence electrons. The predicted molar refractivity (Wildman–Crippen MR) is 116 cm³/mol. The SMILES string of the molecule is COc1ccc(-c2cc(C(=O)NCc3ccc(N4CCCC4)cc3)[nH]n2)c(OC)c1. The smallest absolute Gasteiger partial charge is 0.269 e. The minimum Gasteiger partial charge on any atom is -0.497 e. The molecule has 4 rings (SSSR count). The molecule has 1 aromatic heterocycles. The molecule has 7 heteroatoms. The van der Waals surface area contributed by atoms with Crippen molar-refractivity contribution in [2.24, 2.45) is 0 Å². The maximum Gasteiger partial charge on any atom is 0.269 e. The van der Waals surface area contributed by atoms with Crippen molar-refractivity contribution >= 4 is 11.6 Å². The van der Waals surface area contributed by atoms with E-state index in [-0.39, 0.29) is 5.91 Å². The highest BCUT2D eigenvalue weighted by Gasteiger charge is 2.15. The third kappa shape index (κ3) is 4.25. The number of aromatic nitrogens is 2. The average molecular weight is 406 g/mol. The minimum atomic E-state index is -0.204. The van der Waals surface area contributed by atoms with Gasteiger partial charge in [-0.05, 0) is 48.7 Å². The minimum absolute atomic E-state index is 0.204. The second-order valence-electron chi connectivity index (χ2n) is 7.28. The molecule has 1 amide bonds. The number of rotatable bonds is 7. The Balaban J connectivity index is 1.40. The number of ether oxygens (including phenoxy) is 2. The quantitative estimate of drug-likeness (QED) is 0.626. The Morgan fingerprint density at radius 3 is 2.53 bits per heavy atom. The maximum atomic E-state index is 12.6. The number of methoxy groups -OCH3 is 2. The van der Waals surface area contributed by atoms with Crippen LogP contribution in [0.4, 0.5) is 5.69 Å². The summed E-state index contributed by atoms with van der Waals surface area (Å²) in [6, 6.07) is 15.6. The molecule has 0 spiro atoms. The largest absolute Gasteiger partial charge is 0.497 e. The van der Waals surface area contributed by atoms with Gasteiger partial charge in [-0.2, -0.15) is 5.10 Å². The lowest BCUT2D eigenvalue weighted by atomic mass is 10.1. The molecule has 3 aromatic rings. The lowest BCUT2D eigenvalue weighted by Crippen LogP contribution is -2.23. The van der Waals surface area contributed by atoms with Crippen LogP contribution in [0.3, 0.4) is 0 Å². The number of carbonyl (C=O) groups is 1. The summed E-state index contributed by atoms with van der Waals surface area (Å²) in [6.45, 7) is 2.70. The standard InChI is InChI=1S/C23H26N4O3/c1-29-18-9-10-19(22(13-18)30-2)20-14-21(26-25-20)23(28)24-15-16-5-7-17(8-6-16)27-11-3-4-12-27/h5-10,13-14H,3-4,11-12,15H2,1-2H3,(H,24,28)(H,25,26). The third-order valence-corrected chi connectivity index (χ3v) is 5.37. The van der Waals surface area contributed by atoms with Gasteiger partial charge < -0.3 is 19.7 Å². The van der Waals surface area contributed by atoms with Crippen LogP contribution < -0.4 is 19.7 Å². The van der Waals surface area contributed by atoms with Gasteiger partial charge in [0.05, 0.1) is 19.9 Å². The van der Waals surface area contributed by atoms with Crippen LogP contribution in [0.25, 0.3) is 11.3 Å². The molecule has 1 aliphatic rings. The van der Waals surface area contributed by atoms with Crippen molar-refractivity contribution in [2.45, 2.75) is 19.4 Å². The fourth-order valence-electron chi connectivity index (χ4n) is 3.66. The molecule has 0 radical (unpaired) electrons. The fraction of sp³-hybridized carbons (Fsp3) is 0.304. The van der Waals surface area contributed by atoms with Crippen molar-refractivity contribution in [1.82, 2.24) is 15.5 Å². The van der Waals surface area contributed by atoms with E-state index < -0.39 is 0 Å². The molecule has 1 aliphatic heterocycles. The first-order valence-electron chi connectivity index (χ1n) is 10.1. The van der Waals surface area contributed by atoms with Crippen LogP contribution in [-0.4, -0.2) is 43.4 Å². The summed E-state index contributed by atoms with van der Waals surface area (Å²) >= 11 is 0. The van der Waals surface area contributed by atoms with Gasteiger partial charge in [-0.25, -0.2) is 0 Å². The Hall–Kier alpha value is -3.48. The zero-order valence-electron chi connectivity index (χ0n) is 17.3. The Morgan fingerprint density at radius 2 is 1.83 bits per heavy atom. The van der Waals surface area contributed by atoms with Crippen LogP contribution in [0.15, 0.2) is 48.5 Å². The first kappa shape index (κ1) is 19.8. The molecule has 0 atom stereocenters. The number of carbonyl (C=O) groups excluding carboxylic acids is 1. The number of aromatic amines is 1. The number of amides is 1. The van der Waals surface area contributed by atoms with E-state index in [4.69, 9.17) is 9.47 Å². The normalized spacial score (nSPS) is 13.3. The molecule has 7 nitrogen and oxygen atoms in total. The number of anilines is 1. The van der Waals surface area contributed by atoms with E-state index in [0.29, 0.717) is 29.4 Å². The van der Waals surface area contributed by atoms with E-state index in [1.165, 1.54) is 18.5 Å². The first-order valence-corrected chi connectivity index (χ1v) is 10.1. The third-order valence-electron chi connectivity index (χ3n) is 5.37. The van der Waals surface area contributed by atoms with Crippen LogP contribution in [0.5, 0.6) is 11.5 Å². The molecular formula is C23H26N4O3. The molecule has 2 heterocycles. The van der Waals surface area contributed by atoms with Gasteiger partial charge in [0.15, 0.2) is 0 Å². The Labute approximate surface area is 176 Å². The second-order valence-corrected chi connectivity index (χ2v) is 7.28. The maximum absolute atomic E-state index is 12.6. The van der Waals surface area contributed by atoms with Gasteiger partial charge in [0, 0.05) is 37.0 Å². The molecule has 0 saturated carbocycles. The number of benzene rings is 2.